The lowest BCUT2D eigenvalue weighted by Gasteiger charge is -2.21. The Kier molecular flexibility index (Phi) is 6.87. The molecule has 2 atom stereocenters. The van der Waals surface area contributed by atoms with Crippen LogP contribution in [0.2, 0.25) is 0 Å². The van der Waals surface area contributed by atoms with Crippen LogP contribution >= 0.6 is 11.6 Å². The monoisotopic (exact) mass is 434 g/mol. The number of rotatable bonds is 8. The summed E-state index contributed by atoms with van der Waals surface area (Å²) in [6.07, 6.45) is -0.181. The summed E-state index contributed by atoms with van der Waals surface area (Å²) in [7, 11) is 0. The Bertz CT molecular complexity index is 1050. The Labute approximate surface area is 188 Å². The highest BCUT2D eigenvalue weighted by Gasteiger charge is 2.18. The zero-order valence-electron chi connectivity index (χ0n) is 17.5. The van der Waals surface area contributed by atoms with E-state index < -0.39 is 0 Å². The third kappa shape index (κ3) is 5.64. The summed E-state index contributed by atoms with van der Waals surface area (Å²) in [5, 5.41) is 6.87. The molecule has 0 amide bonds. The Hall–Kier alpha value is -2.86. The molecule has 2 unspecified atom stereocenters. The second kappa shape index (κ2) is 9.96. The van der Waals surface area contributed by atoms with Crippen molar-refractivity contribution in [2.24, 2.45) is 10.7 Å². The molecule has 0 radical (unpaired) electrons. The number of nitrogens with one attached hydrogen (secondary N) is 2. The summed E-state index contributed by atoms with van der Waals surface area (Å²) in [5.74, 6) is 1.29. The van der Waals surface area contributed by atoms with Crippen LogP contribution in [0.4, 0.5) is 5.69 Å². The lowest BCUT2D eigenvalue weighted by atomic mass is 10.1. The van der Waals surface area contributed by atoms with Gasteiger partial charge in [0.15, 0.2) is 6.10 Å². The Morgan fingerprint density at radius 1 is 0.935 bits per heavy atom. The normalized spacial score (nSPS) is 16.2. The van der Waals surface area contributed by atoms with Crippen molar-refractivity contribution in [3.63, 3.8) is 0 Å². The minimum absolute atomic E-state index is 0.181. The summed E-state index contributed by atoms with van der Waals surface area (Å²) in [5.41, 5.74) is 11.1. The molecule has 160 valence electrons. The van der Waals surface area contributed by atoms with Gasteiger partial charge in [-0.25, -0.2) is 4.99 Å². The summed E-state index contributed by atoms with van der Waals surface area (Å²) in [6, 6.07) is 24.6. The average Bonchev–Trinajstić information content (AvgIpc) is 2.79. The molecule has 0 fully saturated rings. The first-order chi connectivity index (χ1) is 15.1. The number of alkyl halides is 1. The smallest absolute Gasteiger partial charge is 0.153 e. The third-order valence-electron chi connectivity index (χ3n) is 5.22. The third-order valence-corrected chi connectivity index (χ3v) is 5.63. The van der Waals surface area contributed by atoms with E-state index in [1.807, 2.05) is 49.4 Å². The maximum atomic E-state index is 6.47. The zero-order chi connectivity index (χ0) is 21.6. The predicted molar refractivity (Wildman–Crippen MR) is 127 cm³/mol. The number of hydrogen-bond acceptors (Lipinski definition) is 5. The molecule has 0 saturated carbocycles. The quantitative estimate of drug-likeness (QED) is 0.352. The first kappa shape index (κ1) is 21.4. The van der Waals surface area contributed by atoms with Gasteiger partial charge in [-0.15, -0.1) is 11.6 Å². The number of ether oxygens (including phenoxy) is 1. The van der Waals surface area contributed by atoms with Gasteiger partial charge < -0.3 is 15.8 Å². The van der Waals surface area contributed by atoms with Gasteiger partial charge >= 0.3 is 0 Å². The highest BCUT2D eigenvalue weighted by molar-refractivity contribution is 6.20. The van der Waals surface area contributed by atoms with Gasteiger partial charge in [0.2, 0.25) is 0 Å². The number of amidine groups is 1. The molecule has 1 aliphatic rings. The van der Waals surface area contributed by atoms with Gasteiger partial charge in [0.05, 0.1) is 0 Å². The van der Waals surface area contributed by atoms with E-state index >= 15 is 0 Å². The number of halogens is 1. The Balaban J connectivity index is 1.30. The number of nitrogens with zero attached hydrogens (tertiary/aromatic N) is 1. The van der Waals surface area contributed by atoms with Crippen molar-refractivity contribution >= 4 is 23.1 Å². The fourth-order valence-electron chi connectivity index (χ4n) is 3.49. The summed E-state index contributed by atoms with van der Waals surface area (Å²) >= 11 is 6.47. The van der Waals surface area contributed by atoms with E-state index in [9.17, 15) is 0 Å². The highest BCUT2D eigenvalue weighted by Crippen LogP contribution is 2.32. The molecular formula is C25H27ClN4O. The van der Waals surface area contributed by atoms with E-state index in [-0.39, 0.29) is 11.6 Å². The minimum atomic E-state index is -0.212. The first-order valence-electron chi connectivity index (χ1n) is 10.4. The number of hydrogen-bond donors (Lipinski definition) is 3. The van der Waals surface area contributed by atoms with E-state index in [2.05, 4.69) is 46.0 Å². The van der Waals surface area contributed by atoms with E-state index in [1.54, 1.807) is 0 Å². The zero-order valence-corrected chi connectivity index (χ0v) is 18.3. The molecule has 5 nitrogen and oxygen atoms in total. The molecule has 3 aromatic rings. The number of fused-ring (bicyclic) bond motifs is 1. The molecule has 4 N–H and O–H groups in total. The molecule has 0 bridgehead atoms. The second-order valence-corrected chi connectivity index (χ2v) is 8.11. The van der Waals surface area contributed by atoms with E-state index in [0.717, 1.165) is 35.7 Å². The molecule has 6 heteroatoms. The lowest BCUT2D eigenvalue weighted by molar-refractivity contribution is 0.281. The molecule has 1 heterocycles. The average molecular weight is 435 g/mol. The van der Waals surface area contributed by atoms with Crippen LogP contribution < -0.4 is 21.1 Å². The summed E-state index contributed by atoms with van der Waals surface area (Å²) in [4.78, 5) is 4.45. The molecule has 0 saturated heterocycles. The number of benzene rings is 3. The molecule has 3 aromatic carbocycles. The van der Waals surface area contributed by atoms with Gasteiger partial charge in [0, 0.05) is 19.6 Å². The molecule has 0 aromatic heterocycles. The predicted octanol–water partition coefficient (Wildman–Crippen LogP) is 4.77. The van der Waals surface area contributed by atoms with Crippen molar-refractivity contribution in [1.82, 2.24) is 10.6 Å². The van der Waals surface area contributed by atoms with Gasteiger partial charge in [0.25, 0.3) is 0 Å². The van der Waals surface area contributed by atoms with Crippen LogP contribution in [0.25, 0.3) is 0 Å². The first-order valence-corrected chi connectivity index (χ1v) is 10.9. The van der Waals surface area contributed by atoms with Crippen molar-refractivity contribution in [3.05, 3.63) is 95.1 Å². The molecule has 31 heavy (non-hydrogen) atoms. The molecule has 4 rings (SSSR count). The maximum Gasteiger partial charge on any atom is 0.153 e. The van der Waals surface area contributed by atoms with Crippen LogP contribution in [-0.4, -0.2) is 11.9 Å². The Morgan fingerprint density at radius 3 is 2.42 bits per heavy atom. The molecule has 0 aliphatic carbocycles. The van der Waals surface area contributed by atoms with Crippen LogP contribution in [-0.2, 0) is 19.6 Å². The molecular weight excluding hydrogens is 408 g/mol. The lowest BCUT2D eigenvalue weighted by Crippen LogP contribution is -2.33. The fraction of sp³-hybridized carbons (Fsp3) is 0.240. The molecule has 1 aliphatic heterocycles. The standard InChI is InChI=1S/C25H27ClN4O/c1-17-25(27)30-22-13-20(10-11-23(22)31-17)15-28-14-18-6-5-7-19(12-18)16-29-24(26)21-8-3-2-4-9-21/h2-13,17,24,28-29H,14-16H2,1H3,(H2,27,30). The Morgan fingerprint density at radius 2 is 1.65 bits per heavy atom. The van der Waals surface area contributed by atoms with Crippen LogP contribution in [0.1, 0.15) is 34.7 Å². The molecule has 0 spiro atoms. The van der Waals surface area contributed by atoms with Gasteiger partial charge in [-0.2, -0.15) is 0 Å². The van der Waals surface area contributed by atoms with Gasteiger partial charge in [-0.3, -0.25) is 5.32 Å². The van der Waals surface area contributed by atoms with Crippen molar-refractivity contribution in [2.75, 3.05) is 0 Å². The van der Waals surface area contributed by atoms with Gasteiger partial charge in [-0.1, -0.05) is 60.7 Å². The summed E-state index contributed by atoms with van der Waals surface area (Å²) < 4.78 is 5.76. The van der Waals surface area contributed by atoms with Crippen molar-refractivity contribution in [2.45, 2.75) is 38.2 Å². The van der Waals surface area contributed by atoms with Crippen molar-refractivity contribution < 1.29 is 4.74 Å². The van der Waals surface area contributed by atoms with E-state index in [0.29, 0.717) is 12.4 Å². The van der Waals surface area contributed by atoms with Crippen LogP contribution in [0.3, 0.4) is 0 Å². The van der Waals surface area contributed by atoms with Crippen molar-refractivity contribution in [3.8, 4) is 5.75 Å². The summed E-state index contributed by atoms with van der Waals surface area (Å²) in [6.45, 7) is 4.11. The van der Waals surface area contributed by atoms with E-state index in [1.165, 1.54) is 11.1 Å². The van der Waals surface area contributed by atoms with Gasteiger partial charge in [0.1, 0.15) is 22.8 Å². The second-order valence-electron chi connectivity index (χ2n) is 7.68. The maximum absolute atomic E-state index is 6.47. The largest absolute Gasteiger partial charge is 0.481 e. The number of nitrogens with two attached hydrogens (primary N) is 1. The topological polar surface area (TPSA) is 71.7 Å². The van der Waals surface area contributed by atoms with Crippen LogP contribution in [0.15, 0.2) is 77.8 Å². The van der Waals surface area contributed by atoms with Crippen molar-refractivity contribution in [1.29, 1.82) is 0 Å². The van der Waals surface area contributed by atoms with Gasteiger partial charge in [-0.05, 0) is 41.3 Å². The van der Waals surface area contributed by atoms with Crippen LogP contribution in [0, 0.1) is 0 Å². The minimum Gasteiger partial charge on any atom is -0.481 e. The highest BCUT2D eigenvalue weighted by atomic mass is 35.5. The fourth-order valence-corrected chi connectivity index (χ4v) is 3.71. The van der Waals surface area contributed by atoms with Crippen LogP contribution in [0.5, 0.6) is 5.75 Å². The van der Waals surface area contributed by atoms with E-state index in [4.69, 9.17) is 22.1 Å². The SMILES string of the molecule is CC1Oc2ccc(CNCc3cccc(CNC(Cl)c4ccccc4)c3)cc2N=C1N. The number of aliphatic imine (C=N–C) groups is 1.